The molecule has 1 aromatic carbocycles. The Labute approximate surface area is 226 Å². The van der Waals surface area contributed by atoms with E-state index in [1.807, 2.05) is 31.2 Å². The lowest BCUT2D eigenvalue weighted by molar-refractivity contribution is -0.154. The van der Waals surface area contributed by atoms with Gasteiger partial charge in [0.25, 0.3) is 0 Å². The highest BCUT2D eigenvalue weighted by Gasteiger charge is 2.77. The summed E-state index contributed by atoms with van der Waals surface area (Å²) in [7, 11) is 0. The van der Waals surface area contributed by atoms with E-state index in [0.29, 0.717) is 6.42 Å². The van der Waals surface area contributed by atoms with E-state index < -0.39 is 28.7 Å². The van der Waals surface area contributed by atoms with Gasteiger partial charge in [-0.05, 0) is 37.8 Å². The van der Waals surface area contributed by atoms with Crippen molar-refractivity contribution in [2.24, 2.45) is 17.8 Å². The Bertz CT molecular complexity index is 1250. The van der Waals surface area contributed by atoms with E-state index in [0.717, 1.165) is 17.5 Å². The number of rotatable bonds is 10. The second-order valence-electron chi connectivity index (χ2n) is 10.4. The molecular formula is C27H35N5O5S. The van der Waals surface area contributed by atoms with Crippen LogP contribution in [0.25, 0.3) is 11.0 Å². The van der Waals surface area contributed by atoms with Gasteiger partial charge >= 0.3 is 5.97 Å². The normalized spacial score (nSPS) is 30.5. The first-order valence-corrected chi connectivity index (χ1v) is 14.2. The fourth-order valence-corrected chi connectivity index (χ4v) is 9.17. The standard InChI is InChI=1S/C27H35N5O5S/c1-5-12-30(15-31-19-11-9-8-10-18(19)28-29-31)25(35)23-27-16(4)13-20(38-27)21(26(36)37-7-3)22(27)24(34)32(23)17(6-2)14-33/h5,8-11,16-17,20-23,33H,1,6-7,12-15H2,2-4H3/t16?,17-,20+,21-,22-,23?,27?/m0/s1. The summed E-state index contributed by atoms with van der Waals surface area (Å²) in [6.45, 7) is 9.91. The Morgan fingerprint density at radius 2 is 2.13 bits per heavy atom. The number of esters is 1. The van der Waals surface area contributed by atoms with Gasteiger partial charge in [0.05, 0.1) is 41.4 Å². The molecule has 3 fully saturated rings. The number of aliphatic hydroxyl groups excluding tert-OH is 1. The fourth-order valence-electron chi connectivity index (χ4n) is 6.78. The number of carbonyl (C=O) groups excluding carboxylic acids is 3. The Morgan fingerprint density at radius 3 is 2.82 bits per heavy atom. The third-order valence-corrected chi connectivity index (χ3v) is 10.5. The smallest absolute Gasteiger partial charge is 0.310 e. The summed E-state index contributed by atoms with van der Waals surface area (Å²) in [5.41, 5.74) is 1.51. The summed E-state index contributed by atoms with van der Waals surface area (Å²) in [5, 5.41) is 18.7. The van der Waals surface area contributed by atoms with Gasteiger partial charge in [0.1, 0.15) is 18.2 Å². The van der Waals surface area contributed by atoms with E-state index in [1.54, 1.807) is 39.2 Å². The van der Waals surface area contributed by atoms with Crippen molar-refractivity contribution in [1.82, 2.24) is 24.8 Å². The van der Waals surface area contributed by atoms with Crippen molar-refractivity contribution >= 4 is 40.6 Å². The zero-order chi connectivity index (χ0) is 27.2. The molecule has 3 aliphatic heterocycles. The van der Waals surface area contributed by atoms with Gasteiger partial charge in [-0.25, -0.2) is 4.68 Å². The minimum atomic E-state index is -0.837. The first-order chi connectivity index (χ1) is 18.3. The van der Waals surface area contributed by atoms with Gasteiger partial charge in [-0.2, -0.15) is 0 Å². The second kappa shape index (κ2) is 10.3. The van der Waals surface area contributed by atoms with Gasteiger partial charge < -0.3 is 19.6 Å². The van der Waals surface area contributed by atoms with Crippen LogP contribution in [0.15, 0.2) is 36.9 Å². The Hall–Kier alpha value is -2.92. The lowest BCUT2D eigenvalue weighted by atomic mass is 9.66. The molecule has 3 saturated heterocycles. The zero-order valence-corrected chi connectivity index (χ0v) is 22.8. The summed E-state index contributed by atoms with van der Waals surface area (Å²) >= 11 is 1.60. The van der Waals surface area contributed by atoms with Gasteiger partial charge in [-0.15, -0.1) is 23.4 Å². The van der Waals surface area contributed by atoms with Gasteiger partial charge in [0.15, 0.2) is 0 Å². The summed E-state index contributed by atoms with van der Waals surface area (Å²) in [6, 6.07) is 6.15. The number of carbonyl (C=O) groups is 3. The fraction of sp³-hybridized carbons (Fsp3) is 0.593. The van der Waals surface area contributed by atoms with Crippen LogP contribution >= 0.6 is 11.8 Å². The summed E-state index contributed by atoms with van der Waals surface area (Å²) in [5.74, 6) is -2.12. The molecule has 7 atom stereocenters. The molecule has 0 saturated carbocycles. The van der Waals surface area contributed by atoms with Crippen LogP contribution in [0, 0.1) is 17.8 Å². The van der Waals surface area contributed by atoms with Crippen LogP contribution < -0.4 is 0 Å². The number of amides is 2. The molecule has 0 radical (unpaired) electrons. The lowest BCUT2D eigenvalue weighted by Crippen LogP contribution is -2.59. The monoisotopic (exact) mass is 541 g/mol. The third-order valence-electron chi connectivity index (χ3n) is 8.44. The van der Waals surface area contributed by atoms with Crippen LogP contribution in [0.5, 0.6) is 0 Å². The number of hydrogen-bond acceptors (Lipinski definition) is 8. The van der Waals surface area contributed by atoms with Crippen LogP contribution in [0.3, 0.4) is 0 Å². The predicted octanol–water partition coefficient (Wildman–Crippen LogP) is 2.07. The van der Waals surface area contributed by atoms with Crippen LogP contribution in [0.4, 0.5) is 0 Å². The molecule has 204 valence electrons. The molecule has 1 N–H and O–H groups in total. The highest BCUT2D eigenvalue weighted by molar-refractivity contribution is 8.02. The van der Waals surface area contributed by atoms with E-state index in [4.69, 9.17) is 4.74 Å². The SMILES string of the molecule is C=CCN(Cn1nnc2ccccc21)C(=O)C1N([C@@H](CC)CO)C(=O)[C@@H]2[C@@H](C(=O)OCC)[C@H]3CC(C)C12S3. The summed E-state index contributed by atoms with van der Waals surface area (Å²) in [6.07, 6.45) is 2.86. The number of nitrogens with zero attached hydrogens (tertiary/aromatic N) is 5. The van der Waals surface area contributed by atoms with Gasteiger partial charge in [-0.1, -0.05) is 37.3 Å². The molecule has 0 aliphatic carbocycles. The minimum Gasteiger partial charge on any atom is -0.466 e. The molecule has 3 unspecified atom stereocenters. The van der Waals surface area contributed by atoms with Gasteiger partial charge in [0.2, 0.25) is 11.8 Å². The van der Waals surface area contributed by atoms with Crippen LogP contribution in [0.2, 0.25) is 0 Å². The number of benzene rings is 1. The van der Waals surface area contributed by atoms with E-state index in [2.05, 4.69) is 23.8 Å². The number of likely N-dealkylation sites (tertiary alicyclic amines) is 1. The molecular weight excluding hydrogens is 506 g/mol. The Kier molecular flexibility index (Phi) is 7.25. The molecule has 11 heteroatoms. The van der Waals surface area contributed by atoms with E-state index in [-0.39, 0.29) is 55.4 Å². The maximum atomic E-state index is 14.6. The van der Waals surface area contributed by atoms with Crippen molar-refractivity contribution in [3.63, 3.8) is 0 Å². The topological polar surface area (TPSA) is 118 Å². The van der Waals surface area contributed by atoms with Gasteiger partial charge in [-0.3, -0.25) is 14.4 Å². The largest absolute Gasteiger partial charge is 0.466 e. The Balaban J connectivity index is 1.58. The lowest BCUT2D eigenvalue weighted by Gasteiger charge is -2.41. The third kappa shape index (κ3) is 3.85. The molecule has 1 spiro atoms. The molecule has 5 rings (SSSR count). The molecule has 2 aromatic rings. The molecule has 2 bridgehead atoms. The Morgan fingerprint density at radius 1 is 1.37 bits per heavy atom. The maximum absolute atomic E-state index is 14.6. The van der Waals surface area contributed by atoms with Crippen molar-refractivity contribution < 1.29 is 24.2 Å². The van der Waals surface area contributed by atoms with Crippen molar-refractivity contribution in [2.75, 3.05) is 19.8 Å². The highest BCUT2D eigenvalue weighted by atomic mass is 32.2. The van der Waals surface area contributed by atoms with Crippen LogP contribution in [-0.4, -0.2) is 89.5 Å². The minimum absolute atomic E-state index is 0.0186. The highest BCUT2D eigenvalue weighted by Crippen LogP contribution is 2.69. The predicted molar refractivity (Wildman–Crippen MR) is 143 cm³/mol. The first-order valence-electron chi connectivity index (χ1n) is 13.3. The van der Waals surface area contributed by atoms with Gasteiger partial charge in [0, 0.05) is 11.8 Å². The number of hydrogen-bond donors (Lipinski definition) is 1. The van der Waals surface area contributed by atoms with Crippen molar-refractivity contribution in [3.05, 3.63) is 36.9 Å². The molecule has 2 amide bonds. The van der Waals surface area contributed by atoms with E-state index in [9.17, 15) is 19.5 Å². The summed E-state index contributed by atoms with van der Waals surface area (Å²) in [4.78, 5) is 45.1. The molecule has 1 aromatic heterocycles. The second-order valence-corrected chi connectivity index (χ2v) is 11.9. The van der Waals surface area contributed by atoms with Crippen molar-refractivity contribution in [2.45, 2.75) is 62.4 Å². The number of fused-ring (bicyclic) bond motifs is 2. The molecule has 38 heavy (non-hydrogen) atoms. The number of aromatic nitrogens is 3. The number of aliphatic hydroxyl groups is 1. The first kappa shape index (κ1) is 26.7. The average molecular weight is 542 g/mol. The molecule has 3 aliphatic rings. The zero-order valence-electron chi connectivity index (χ0n) is 22.0. The average Bonchev–Trinajstić information content (AvgIpc) is 3.62. The quantitative estimate of drug-likeness (QED) is 0.359. The van der Waals surface area contributed by atoms with Crippen molar-refractivity contribution in [1.29, 1.82) is 0 Å². The van der Waals surface area contributed by atoms with E-state index in [1.165, 1.54) is 0 Å². The summed E-state index contributed by atoms with van der Waals surface area (Å²) < 4.78 is 6.29. The number of ether oxygens (including phenoxy) is 1. The van der Waals surface area contributed by atoms with Crippen LogP contribution in [0.1, 0.15) is 33.6 Å². The number of thioether (sulfide) groups is 1. The van der Waals surface area contributed by atoms with Crippen LogP contribution in [-0.2, 0) is 25.8 Å². The molecule has 4 heterocycles. The maximum Gasteiger partial charge on any atom is 0.310 e. The number of para-hydroxylation sites is 1. The van der Waals surface area contributed by atoms with Crippen molar-refractivity contribution in [3.8, 4) is 0 Å². The molecule has 10 nitrogen and oxygen atoms in total. The van der Waals surface area contributed by atoms with E-state index >= 15 is 0 Å².